The minimum absolute atomic E-state index is 0.0510. The number of amides is 2. The van der Waals surface area contributed by atoms with Crippen molar-refractivity contribution in [2.45, 2.75) is 59.0 Å². The Bertz CT molecular complexity index is 934. The molecule has 0 aliphatic carbocycles. The Morgan fingerprint density at radius 3 is 2.63 bits per heavy atom. The highest BCUT2D eigenvalue weighted by atomic mass is 32.1. The predicted octanol–water partition coefficient (Wildman–Crippen LogP) is 5.09. The number of ether oxygens (including phenoxy) is 3. The summed E-state index contributed by atoms with van der Waals surface area (Å²) >= 11 is 1.62. The SMILES string of the molecule is CCCC[C@H](CC)C(=O)N(CCCOC)CC(=O)N(Cc1ccc2c(c1)OCO2)Cc1cccs1. The molecule has 0 spiro atoms. The zero-order valence-electron chi connectivity index (χ0n) is 21.2. The highest BCUT2D eigenvalue weighted by molar-refractivity contribution is 7.09. The molecule has 0 saturated heterocycles. The molecule has 1 aromatic heterocycles. The number of rotatable bonds is 15. The van der Waals surface area contributed by atoms with Gasteiger partial charge in [-0.05, 0) is 48.4 Å². The first-order chi connectivity index (χ1) is 17.0. The Kier molecular flexibility index (Phi) is 10.9. The first-order valence-electron chi connectivity index (χ1n) is 12.5. The van der Waals surface area contributed by atoms with Gasteiger partial charge in [0.05, 0.1) is 13.1 Å². The van der Waals surface area contributed by atoms with Crippen LogP contribution in [0.4, 0.5) is 0 Å². The average molecular weight is 503 g/mol. The number of thiophene rings is 1. The summed E-state index contributed by atoms with van der Waals surface area (Å²) in [6.45, 7) is 6.47. The average Bonchev–Trinajstić information content (AvgIpc) is 3.55. The third-order valence-electron chi connectivity index (χ3n) is 6.25. The van der Waals surface area contributed by atoms with Gasteiger partial charge in [0.15, 0.2) is 11.5 Å². The number of carbonyl (C=O) groups excluding carboxylic acids is 2. The molecule has 2 heterocycles. The standard InChI is InChI=1S/C27H38N2O5S/c1-4-6-9-22(5-2)27(31)28(13-8-14-32-3)19-26(30)29(18-23-10-7-15-35-23)17-21-11-12-24-25(16-21)34-20-33-24/h7,10-12,15-16,22H,4-6,8-9,13-14,17-20H2,1-3H3/t22-/m0/s1. The van der Waals surface area contributed by atoms with E-state index < -0.39 is 0 Å². The molecule has 0 N–H and O–H groups in total. The molecule has 0 bridgehead atoms. The summed E-state index contributed by atoms with van der Waals surface area (Å²) in [5, 5.41) is 2.01. The van der Waals surface area contributed by atoms with E-state index >= 15 is 0 Å². The zero-order valence-corrected chi connectivity index (χ0v) is 22.0. The van der Waals surface area contributed by atoms with E-state index in [0.717, 1.165) is 41.9 Å². The fraction of sp³-hybridized carbons (Fsp3) is 0.556. The van der Waals surface area contributed by atoms with E-state index in [4.69, 9.17) is 14.2 Å². The van der Waals surface area contributed by atoms with Crippen LogP contribution in [0, 0.1) is 5.92 Å². The van der Waals surface area contributed by atoms with Gasteiger partial charge in [-0.2, -0.15) is 0 Å². The van der Waals surface area contributed by atoms with Crippen LogP contribution in [-0.4, -0.2) is 55.2 Å². The summed E-state index contributed by atoms with van der Waals surface area (Å²) in [6, 6.07) is 9.79. The lowest BCUT2D eigenvalue weighted by Crippen LogP contribution is -2.45. The lowest BCUT2D eigenvalue weighted by molar-refractivity contribution is -0.144. The van der Waals surface area contributed by atoms with Gasteiger partial charge in [-0.15, -0.1) is 11.3 Å². The van der Waals surface area contributed by atoms with E-state index in [1.54, 1.807) is 23.3 Å². The predicted molar refractivity (Wildman–Crippen MR) is 138 cm³/mol. The lowest BCUT2D eigenvalue weighted by atomic mass is 9.97. The van der Waals surface area contributed by atoms with Gasteiger partial charge in [0, 0.05) is 37.6 Å². The monoisotopic (exact) mass is 502 g/mol. The smallest absolute Gasteiger partial charge is 0.242 e. The zero-order chi connectivity index (χ0) is 25.0. The fourth-order valence-corrected chi connectivity index (χ4v) is 4.94. The Labute approximate surface area is 213 Å². The number of unbranched alkanes of at least 4 members (excludes halogenated alkanes) is 1. The van der Waals surface area contributed by atoms with Crippen molar-refractivity contribution in [3.63, 3.8) is 0 Å². The summed E-state index contributed by atoms with van der Waals surface area (Å²) in [6.07, 6.45) is 4.41. The second-order valence-electron chi connectivity index (χ2n) is 8.87. The van der Waals surface area contributed by atoms with Crippen LogP contribution in [0.5, 0.6) is 11.5 Å². The van der Waals surface area contributed by atoms with Gasteiger partial charge >= 0.3 is 0 Å². The maximum absolute atomic E-state index is 13.6. The first kappa shape index (κ1) is 27.0. The molecule has 3 rings (SSSR count). The van der Waals surface area contributed by atoms with Crippen molar-refractivity contribution in [1.82, 2.24) is 9.80 Å². The van der Waals surface area contributed by atoms with Gasteiger partial charge in [-0.1, -0.05) is 38.8 Å². The molecule has 0 fully saturated rings. The molecule has 2 aromatic rings. The van der Waals surface area contributed by atoms with Crippen molar-refractivity contribution < 1.29 is 23.8 Å². The van der Waals surface area contributed by atoms with E-state index in [9.17, 15) is 9.59 Å². The Morgan fingerprint density at radius 1 is 1.09 bits per heavy atom. The van der Waals surface area contributed by atoms with Crippen molar-refractivity contribution in [1.29, 1.82) is 0 Å². The number of fused-ring (bicyclic) bond motifs is 1. The summed E-state index contributed by atoms with van der Waals surface area (Å²) in [5.41, 5.74) is 0.964. The molecule has 192 valence electrons. The quantitative estimate of drug-likeness (QED) is 0.318. The molecule has 1 aromatic carbocycles. The third-order valence-corrected chi connectivity index (χ3v) is 7.11. The molecule has 1 atom stereocenters. The molecule has 7 nitrogen and oxygen atoms in total. The normalized spacial score (nSPS) is 13.0. The van der Waals surface area contributed by atoms with Crippen LogP contribution in [-0.2, 0) is 27.4 Å². The molecule has 0 saturated carbocycles. The maximum Gasteiger partial charge on any atom is 0.242 e. The topological polar surface area (TPSA) is 68.3 Å². The van der Waals surface area contributed by atoms with Crippen molar-refractivity contribution >= 4 is 23.2 Å². The van der Waals surface area contributed by atoms with Gasteiger partial charge < -0.3 is 24.0 Å². The van der Waals surface area contributed by atoms with Crippen LogP contribution >= 0.6 is 11.3 Å². The third kappa shape index (κ3) is 7.97. The van der Waals surface area contributed by atoms with Crippen LogP contribution in [0.25, 0.3) is 0 Å². The minimum Gasteiger partial charge on any atom is -0.454 e. The van der Waals surface area contributed by atoms with E-state index in [1.165, 1.54) is 0 Å². The van der Waals surface area contributed by atoms with Crippen molar-refractivity contribution in [3.8, 4) is 11.5 Å². The van der Waals surface area contributed by atoms with Gasteiger partial charge in [-0.25, -0.2) is 0 Å². The van der Waals surface area contributed by atoms with E-state index in [-0.39, 0.29) is 31.1 Å². The molecule has 1 aliphatic heterocycles. The number of hydrogen-bond acceptors (Lipinski definition) is 6. The maximum atomic E-state index is 13.6. The summed E-state index contributed by atoms with van der Waals surface area (Å²) < 4.78 is 16.2. The van der Waals surface area contributed by atoms with Gasteiger partial charge in [0.2, 0.25) is 18.6 Å². The highest BCUT2D eigenvalue weighted by Gasteiger charge is 2.27. The molecular formula is C27H38N2O5S. The van der Waals surface area contributed by atoms with E-state index in [0.29, 0.717) is 38.4 Å². The first-order valence-corrected chi connectivity index (χ1v) is 13.4. The van der Waals surface area contributed by atoms with Crippen molar-refractivity contribution in [3.05, 3.63) is 46.2 Å². The van der Waals surface area contributed by atoms with Crippen LogP contribution in [0.15, 0.2) is 35.7 Å². The number of benzene rings is 1. The molecular weight excluding hydrogens is 464 g/mol. The Balaban J connectivity index is 1.76. The lowest BCUT2D eigenvalue weighted by Gasteiger charge is -2.30. The van der Waals surface area contributed by atoms with Gasteiger partial charge in [0.25, 0.3) is 0 Å². The largest absolute Gasteiger partial charge is 0.454 e. The van der Waals surface area contributed by atoms with E-state index in [2.05, 4.69) is 13.8 Å². The minimum atomic E-state index is -0.0628. The van der Waals surface area contributed by atoms with E-state index in [1.807, 2.05) is 40.6 Å². The summed E-state index contributed by atoms with van der Waals surface area (Å²) in [5.74, 6) is 1.38. The Hall–Kier alpha value is -2.58. The number of carbonyl (C=O) groups is 2. The van der Waals surface area contributed by atoms with Gasteiger partial charge in [-0.3, -0.25) is 9.59 Å². The van der Waals surface area contributed by atoms with Gasteiger partial charge in [0.1, 0.15) is 0 Å². The molecule has 35 heavy (non-hydrogen) atoms. The van der Waals surface area contributed by atoms with Crippen LogP contribution in [0.3, 0.4) is 0 Å². The van der Waals surface area contributed by atoms with Crippen LogP contribution in [0.2, 0.25) is 0 Å². The second-order valence-corrected chi connectivity index (χ2v) is 9.90. The van der Waals surface area contributed by atoms with Crippen LogP contribution in [0.1, 0.15) is 56.4 Å². The Morgan fingerprint density at radius 2 is 1.91 bits per heavy atom. The summed E-state index contributed by atoms with van der Waals surface area (Å²) in [7, 11) is 1.65. The summed E-state index contributed by atoms with van der Waals surface area (Å²) in [4.78, 5) is 31.7. The molecule has 0 unspecified atom stereocenters. The number of nitrogens with zero attached hydrogens (tertiary/aromatic N) is 2. The molecule has 0 radical (unpaired) electrons. The van der Waals surface area contributed by atoms with Crippen LogP contribution < -0.4 is 9.47 Å². The van der Waals surface area contributed by atoms with Crippen molar-refractivity contribution in [2.24, 2.45) is 5.92 Å². The number of methoxy groups -OCH3 is 1. The second kappa shape index (κ2) is 14.1. The number of hydrogen-bond donors (Lipinski definition) is 0. The highest BCUT2D eigenvalue weighted by Crippen LogP contribution is 2.33. The molecule has 8 heteroatoms. The molecule has 1 aliphatic rings. The molecule has 2 amide bonds. The fourth-order valence-electron chi connectivity index (χ4n) is 4.22. The van der Waals surface area contributed by atoms with Crippen molar-refractivity contribution in [2.75, 3.05) is 33.6 Å².